The minimum Gasteiger partial charge on any atom is -0.308 e. The Morgan fingerprint density at radius 2 is 1.64 bits per heavy atom. The molecule has 0 saturated heterocycles. The van der Waals surface area contributed by atoms with Gasteiger partial charge in [-0.3, -0.25) is 14.5 Å². The Morgan fingerprint density at radius 1 is 0.929 bits per heavy atom. The zero-order chi connectivity index (χ0) is 19.7. The molecule has 6 nitrogen and oxygen atoms in total. The van der Waals surface area contributed by atoms with Gasteiger partial charge >= 0.3 is 6.03 Å². The first kappa shape index (κ1) is 18.2. The topological polar surface area (TPSA) is 78.5 Å². The molecule has 0 bridgehead atoms. The van der Waals surface area contributed by atoms with Crippen LogP contribution in [0.4, 0.5) is 16.2 Å². The van der Waals surface area contributed by atoms with Crippen molar-refractivity contribution in [2.24, 2.45) is 0 Å². The number of anilines is 2. The van der Waals surface area contributed by atoms with Crippen LogP contribution in [0.25, 0.3) is 0 Å². The van der Waals surface area contributed by atoms with E-state index in [0.717, 1.165) is 43.4 Å². The first-order chi connectivity index (χ1) is 13.5. The number of nitrogens with zero attached hydrogens (tertiary/aromatic N) is 1. The molecule has 0 aromatic heterocycles. The summed E-state index contributed by atoms with van der Waals surface area (Å²) in [5, 5.41) is 5.54. The van der Waals surface area contributed by atoms with Crippen molar-refractivity contribution in [3.05, 3.63) is 59.2 Å². The number of amides is 4. The summed E-state index contributed by atoms with van der Waals surface area (Å²) in [4.78, 5) is 39.3. The van der Waals surface area contributed by atoms with E-state index < -0.39 is 6.03 Å². The molecule has 4 amide bonds. The van der Waals surface area contributed by atoms with E-state index in [-0.39, 0.29) is 17.9 Å². The van der Waals surface area contributed by atoms with Crippen LogP contribution in [0.2, 0.25) is 0 Å². The summed E-state index contributed by atoms with van der Waals surface area (Å²) in [6, 6.07) is 12.0. The number of fused-ring (bicyclic) bond motifs is 1. The zero-order valence-electron chi connectivity index (χ0n) is 15.8. The molecule has 0 unspecified atom stereocenters. The highest BCUT2D eigenvalue weighted by molar-refractivity contribution is 6.22. The van der Waals surface area contributed by atoms with Gasteiger partial charge in [0.25, 0.3) is 11.8 Å². The number of carbonyl (C=O) groups excluding carboxylic acids is 3. The Labute approximate surface area is 163 Å². The largest absolute Gasteiger partial charge is 0.323 e. The van der Waals surface area contributed by atoms with Gasteiger partial charge in [0.15, 0.2) is 0 Å². The number of imide groups is 1. The monoisotopic (exact) mass is 377 g/mol. The van der Waals surface area contributed by atoms with Gasteiger partial charge in [0.2, 0.25) is 0 Å². The fourth-order valence-electron chi connectivity index (χ4n) is 4.01. The van der Waals surface area contributed by atoms with E-state index >= 15 is 0 Å². The van der Waals surface area contributed by atoms with Crippen LogP contribution in [0.1, 0.15) is 58.4 Å². The number of carbonyl (C=O) groups is 3. The minimum absolute atomic E-state index is 0.0121. The Bertz CT molecular complexity index is 948. The van der Waals surface area contributed by atoms with Crippen molar-refractivity contribution < 1.29 is 14.4 Å². The molecule has 1 fully saturated rings. The lowest BCUT2D eigenvalue weighted by atomic mass is 9.94. The normalized spacial score (nSPS) is 16.8. The quantitative estimate of drug-likeness (QED) is 0.769. The smallest absolute Gasteiger partial charge is 0.308 e. The van der Waals surface area contributed by atoms with E-state index in [9.17, 15) is 14.4 Å². The van der Waals surface area contributed by atoms with Crippen LogP contribution < -0.4 is 10.6 Å². The Hall–Kier alpha value is -3.15. The van der Waals surface area contributed by atoms with E-state index in [1.807, 2.05) is 31.2 Å². The number of nitrogens with one attached hydrogen (secondary N) is 2. The highest BCUT2D eigenvalue weighted by Crippen LogP contribution is 2.32. The number of rotatable bonds is 3. The molecule has 6 heteroatoms. The number of benzene rings is 2. The van der Waals surface area contributed by atoms with Gasteiger partial charge in [0, 0.05) is 17.4 Å². The Morgan fingerprint density at radius 3 is 2.39 bits per heavy atom. The van der Waals surface area contributed by atoms with E-state index in [4.69, 9.17) is 0 Å². The molecule has 2 aromatic rings. The summed E-state index contributed by atoms with van der Waals surface area (Å²) in [6.07, 6.45) is 4.99. The first-order valence-corrected chi connectivity index (χ1v) is 9.70. The number of para-hydroxylation sites is 1. The van der Waals surface area contributed by atoms with E-state index in [1.165, 1.54) is 4.90 Å². The molecule has 1 heterocycles. The van der Waals surface area contributed by atoms with E-state index in [1.54, 1.807) is 18.2 Å². The highest BCUT2D eigenvalue weighted by atomic mass is 16.2. The molecule has 144 valence electrons. The molecule has 2 N–H and O–H groups in total. The molecular weight excluding hydrogens is 354 g/mol. The zero-order valence-corrected chi connectivity index (χ0v) is 15.8. The second-order valence-electron chi connectivity index (χ2n) is 7.43. The molecule has 1 aliphatic heterocycles. The summed E-state index contributed by atoms with van der Waals surface area (Å²) in [7, 11) is 0. The van der Waals surface area contributed by atoms with Crippen LogP contribution in [0.3, 0.4) is 0 Å². The average molecular weight is 377 g/mol. The average Bonchev–Trinajstić information content (AvgIpc) is 2.94. The summed E-state index contributed by atoms with van der Waals surface area (Å²) in [5.41, 5.74) is 2.94. The Balaban J connectivity index is 1.50. The lowest BCUT2D eigenvalue weighted by molar-refractivity contribution is 0.0549. The fraction of sp³-hybridized carbons (Fsp3) is 0.318. The minimum atomic E-state index is -0.393. The number of aryl methyl sites for hydroxylation is 1. The van der Waals surface area contributed by atoms with Crippen molar-refractivity contribution in [3.8, 4) is 0 Å². The highest BCUT2D eigenvalue weighted by Gasteiger charge is 2.40. The summed E-state index contributed by atoms with van der Waals surface area (Å²) in [5.74, 6) is -0.474. The molecule has 0 atom stereocenters. The van der Waals surface area contributed by atoms with Gasteiger partial charge in [-0.1, -0.05) is 37.5 Å². The van der Waals surface area contributed by atoms with Gasteiger partial charge in [0.05, 0.1) is 11.1 Å². The molecule has 4 rings (SSSR count). The summed E-state index contributed by atoms with van der Waals surface area (Å²) in [6.45, 7) is 1.91. The SMILES string of the molecule is Cc1ccccc1NC(=O)Nc1ccc2c(c1)C(=O)N(C1CCCCC1)C2=O. The third-order valence-corrected chi connectivity index (χ3v) is 5.51. The molecule has 0 radical (unpaired) electrons. The van der Waals surface area contributed by atoms with Crippen molar-refractivity contribution in [1.29, 1.82) is 0 Å². The number of urea groups is 1. The van der Waals surface area contributed by atoms with Crippen LogP contribution in [-0.2, 0) is 0 Å². The lowest BCUT2D eigenvalue weighted by Gasteiger charge is -2.29. The van der Waals surface area contributed by atoms with Gasteiger partial charge in [0.1, 0.15) is 0 Å². The summed E-state index contributed by atoms with van der Waals surface area (Å²) >= 11 is 0. The van der Waals surface area contributed by atoms with Gasteiger partial charge in [-0.25, -0.2) is 4.79 Å². The van der Waals surface area contributed by atoms with Crippen molar-refractivity contribution in [2.75, 3.05) is 10.6 Å². The molecule has 2 aromatic carbocycles. The second-order valence-corrected chi connectivity index (χ2v) is 7.43. The first-order valence-electron chi connectivity index (χ1n) is 9.70. The van der Waals surface area contributed by atoms with Gasteiger partial charge in [-0.15, -0.1) is 0 Å². The van der Waals surface area contributed by atoms with E-state index in [0.29, 0.717) is 16.8 Å². The number of hydrogen-bond acceptors (Lipinski definition) is 3. The molecule has 0 spiro atoms. The van der Waals surface area contributed by atoms with Crippen LogP contribution in [0, 0.1) is 6.92 Å². The maximum atomic E-state index is 12.9. The lowest BCUT2D eigenvalue weighted by Crippen LogP contribution is -2.40. The molecule has 28 heavy (non-hydrogen) atoms. The fourth-order valence-corrected chi connectivity index (χ4v) is 4.01. The van der Waals surface area contributed by atoms with Gasteiger partial charge < -0.3 is 10.6 Å². The molecule has 2 aliphatic rings. The predicted molar refractivity (Wildman–Crippen MR) is 108 cm³/mol. The van der Waals surface area contributed by atoms with Crippen molar-refractivity contribution in [2.45, 2.75) is 45.1 Å². The maximum absolute atomic E-state index is 12.9. The van der Waals surface area contributed by atoms with Crippen LogP contribution in [0.5, 0.6) is 0 Å². The summed E-state index contributed by atoms with van der Waals surface area (Å²) < 4.78 is 0. The molecule has 1 saturated carbocycles. The predicted octanol–water partition coefficient (Wildman–Crippen LogP) is 4.57. The maximum Gasteiger partial charge on any atom is 0.323 e. The van der Waals surface area contributed by atoms with Crippen molar-refractivity contribution >= 4 is 29.2 Å². The van der Waals surface area contributed by atoms with Gasteiger partial charge in [-0.05, 0) is 49.6 Å². The third kappa shape index (κ3) is 3.38. The Kier molecular flexibility index (Phi) is 4.86. The molecular formula is C22H23N3O3. The standard InChI is InChI=1S/C22H23N3O3/c1-14-7-5-6-10-19(14)24-22(28)23-15-11-12-17-18(13-15)21(27)25(20(17)26)16-8-3-2-4-9-16/h5-7,10-13,16H,2-4,8-9H2,1H3,(H2,23,24,28). The van der Waals surface area contributed by atoms with Crippen molar-refractivity contribution in [3.63, 3.8) is 0 Å². The second kappa shape index (κ2) is 7.46. The van der Waals surface area contributed by atoms with Crippen LogP contribution >= 0.6 is 0 Å². The third-order valence-electron chi connectivity index (χ3n) is 5.51. The van der Waals surface area contributed by atoms with Gasteiger partial charge in [-0.2, -0.15) is 0 Å². The number of hydrogen-bond donors (Lipinski definition) is 2. The van der Waals surface area contributed by atoms with Crippen LogP contribution in [0.15, 0.2) is 42.5 Å². The molecule has 1 aliphatic carbocycles. The van der Waals surface area contributed by atoms with Crippen LogP contribution in [-0.4, -0.2) is 28.8 Å². The van der Waals surface area contributed by atoms with Crippen molar-refractivity contribution in [1.82, 2.24) is 4.90 Å². The van der Waals surface area contributed by atoms with E-state index in [2.05, 4.69) is 10.6 Å².